The highest BCUT2D eigenvalue weighted by Crippen LogP contribution is 2.30. The van der Waals surface area contributed by atoms with Gasteiger partial charge in [-0.3, -0.25) is 4.79 Å². The number of amides is 1. The highest BCUT2D eigenvalue weighted by molar-refractivity contribution is 6.30. The molecule has 1 aromatic carbocycles. The lowest BCUT2D eigenvalue weighted by molar-refractivity contribution is -0.147. The standard InChI is InChI=1S/C18H20ClN3O4/c19-13-8-6-12(7-9-13)16-20-15(26-22-16)5-3-4-14(23)21-18(17(24)25)10-1-2-11-18/h6-9H,1-5,10-11H2,(H,21,23)(H,24,25). The van der Waals surface area contributed by atoms with E-state index in [-0.39, 0.29) is 12.3 Å². The number of benzene rings is 1. The molecule has 26 heavy (non-hydrogen) atoms. The summed E-state index contributed by atoms with van der Waals surface area (Å²) in [5.41, 5.74) is -0.296. The molecular formula is C18H20ClN3O4. The van der Waals surface area contributed by atoms with Gasteiger partial charge in [-0.2, -0.15) is 4.98 Å². The number of carbonyl (C=O) groups excluding carboxylic acids is 1. The minimum absolute atomic E-state index is 0.216. The Morgan fingerprint density at radius 1 is 1.23 bits per heavy atom. The normalized spacial score (nSPS) is 15.7. The van der Waals surface area contributed by atoms with Crippen molar-refractivity contribution in [3.63, 3.8) is 0 Å². The molecule has 0 unspecified atom stereocenters. The molecule has 1 fully saturated rings. The fourth-order valence-electron chi connectivity index (χ4n) is 3.17. The molecule has 0 spiro atoms. The predicted octanol–water partition coefficient (Wildman–Crippen LogP) is 3.23. The Balaban J connectivity index is 1.50. The number of hydrogen-bond acceptors (Lipinski definition) is 5. The van der Waals surface area contributed by atoms with Gasteiger partial charge in [-0.1, -0.05) is 29.6 Å². The van der Waals surface area contributed by atoms with E-state index in [1.54, 1.807) is 24.3 Å². The van der Waals surface area contributed by atoms with Gasteiger partial charge in [0.2, 0.25) is 17.6 Å². The minimum atomic E-state index is -1.09. The summed E-state index contributed by atoms with van der Waals surface area (Å²) < 4.78 is 5.20. The molecular weight excluding hydrogens is 358 g/mol. The highest BCUT2D eigenvalue weighted by atomic mass is 35.5. The second-order valence-corrected chi connectivity index (χ2v) is 6.95. The molecule has 3 rings (SSSR count). The number of nitrogens with one attached hydrogen (secondary N) is 1. The Labute approximate surface area is 155 Å². The topological polar surface area (TPSA) is 105 Å². The Bertz CT molecular complexity index is 782. The van der Waals surface area contributed by atoms with Crippen LogP contribution in [0.2, 0.25) is 5.02 Å². The van der Waals surface area contributed by atoms with Crippen molar-refractivity contribution in [2.45, 2.75) is 50.5 Å². The molecule has 0 saturated heterocycles. The maximum absolute atomic E-state index is 12.1. The van der Waals surface area contributed by atoms with Crippen molar-refractivity contribution in [1.82, 2.24) is 15.5 Å². The third kappa shape index (κ3) is 4.22. The van der Waals surface area contributed by atoms with Crippen LogP contribution < -0.4 is 5.32 Å². The van der Waals surface area contributed by atoms with Gasteiger partial charge in [0.1, 0.15) is 5.54 Å². The van der Waals surface area contributed by atoms with Crippen LogP contribution in [0.5, 0.6) is 0 Å². The van der Waals surface area contributed by atoms with Crippen molar-refractivity contribution in [3.05, 3.63) is 35.2 Å². The summed E-state index contributed by atoms with van der Waals surface area (Å²) in [5, 5.41) is 16.6. The van der Waals surface area contributed by atoms with Crippen LogP contribution in [0.1, 0.15) is 44.4 Å². The predicted molar refractivity (Wildman–Crippen MR) is 94.7 cm³/mol. The lowest BCUT2D eigenvalue weighted by Gasteiger charge is -2.25. The molecule has 0 aliphatic heterocycles. The van der Waals surface area contributed by atoms with E-state index in [1.165, 1.54) is 0 Å². The Hall–Kier alpha value is -2.41. The number of aryl methyl sites for hydroxylation is 1. The molecule has 2 N–H and O–H groups in total. The van der Waals surface area contributed by atoms with Gasteiger partial charge in [0, 0.05) is 23.4 Å². The van der Waals surface area contributed by atoms with Gasteiger partial charge in [-0.25, -0.2) is 4.79 Å². The number of halogens is 1. The maximum atomic E-state index is 12.1. The third-order valence-electron chi connectivity index (χ3n) is 4.61. The summed E-state index contributed by atoms with van der Waals surface area (Å²) in [6.07, 6.45) is 3.79. The van der Waals surface area contributed by atoms with E-state index >= 15 is 0 Å². The molecule has 1 amide bonds. The second-order valence-electron chi connectivity index (χ2n) is 6.51. The van der Waals surface area contributed by atoms with Crippen molar-refractivity contribution < 1.29 is 19.2 Å². The number of carboxylic acid groups (broad SMARTS) is 1. The number of hydrogen-bond donors (Lipinski definition) is 2. The van der Waals surface area contributed by atoms with Crippen LogP contribution in [-0.2, 0) is 16.0 Å². The molecule has 0 bridgehead atoms. The average Bonchev–Trinajstić information content (AvgIpc) is 3.26. The van der Waals surface area contributed by atoms with Gasteiger partial charge in [0.15, 0.2) is 0 Å². The van der Waals surface area contributed by atoms with E-state index in [2.05, 4.69) is 15.5 Å². The first kappa shape index (κ1) is 18.4. The quantitative estimate of drug-likeness (QED) is 0.767. The van der Waals surface area contributed by atoms with Gasteiger partial charge >= 0.3 is 5.97 Å². The zero-order valence-electron chi connectivity index (χ0n) is 14.2. The minimum Gasteiger partial charge on any atom is -0.480 e. The average molecular weight is 378 g/mol. The fourth-order valence-corrected chi connectivity index (χ4v) is 3.30. The summed E-state index contributed by atoms with van der Waals surface area (Å²) in [5.74, 6) is -0.298. The molecule has 1 aliphatic rings. The van der Waals surface area contributed by atoms with Gasteiger partial charge in [0.25, 0.3) is 0 Å². The van der Waals surface area contributed by atoms with Crippen LogP contribution in [-0.4, -0.2) is 32.7 Å². The summed E-state index contributed by atoms with van der Waals surface area (Å²) >= 11 is 5.85. The number of nitrogens with zero attached hydrogens (tertiary/aromatic N) is 2. The van der Waals surface area contributed by atoms with Crippen molar-refractivity contribution in [2.75, 3.05) is 0 Å². The smallest absolute Gasteiger partial charge is 0.329 e. The van der Waals surface area contributed by atoms with Gasteiger partial charge in [0.05, 0.1) is 0 Å². The molecule has 2 aromatic rings. The lowest BCUT2D eigenvalue weighted by atomic mass is 9.97. The summed E-state index contributed by atoms with van der Waals surface area (Å²) in [7, 11) is 0. The van der Waals surface area contributed by atoms with Gasteiger partial charge < -0.3 is 14.9 Å². The van der Waals surface area contributed by atoms with Crippen molar-refractivity contribution in [3.8, 4) is 11.4 Å². The van der Waals surface area contributed by atoms with Crippen molar-refractivity contribution in [1.29, 1.82) is 0 Å². The van der Waals surface area contributed by atoms with Crippen LogP contribution in [0.3, 0.4) is 0 Å². The first-order valence-electron chi connectivity index (χ1n) is 8.61. The van der Waals surface area contributed by atoms with Crippen molar-refractivity contribution >= 4 is 23.5 Å². The number of rotatable bonds is 7. The molecule has 1 heterocycles. The molecule has 7 nitrogen and oxygen atoms in total. The summed E-state index contributed by atoms with van der Waals surface area (Å²) in [4.78, 5) is 27.9. The fraction of sp³-hybridized carbons (Fsp3) is 0.444. The monoisotopic (exact) mass is 377 g/mol. The maximum Gasteiger partial charge on any atom is 0.329 e. The summed E-state index contributed by atoms with van der Waals surface area (Å²) in [6.45, 7) is 0. The molecule has 138 valence electrons. The van der Waals surface area contributed by atoms with Crippen LogP contribution in [0.4, 0.5) is 0 Å². The van der Waals surface area contributed by atoms with E-state index in [4.69, 9.17) is 16.1 Å². The molecule has 8 heteroatoms. The number of carbonyl (C=O) groups is 2. The molecule has 1 aromatic heterocycles. The van der Waals surface area contributed by atoms with Crippen LogP contribution in [0, 0.1) is 0 Å². The lowest BCUT2D eigenvalue weighted by Crippen LogP contribution is -2.52. The number of carboxylic acids is 1. The van der Waals surface area contributed by atoms with E-state index in [0.717, 1.165) is 18.4 Å². The zero-order chi connectivity index (χ0) is 18.6. The van der Waals surface area contributed by atoms with Crippen LogP contribution in [0.15, 0.2) is 28.8 Å². The van der Waals surface area contributed by atoms with E-state index in [1.807, 2.05) is 0 Å². The first-order chi connectivity index (χ1) is 12.5. The third-order valence-corrected chi connectivity index (χ3v) is 4.86. The van der Waals surface area contributed by atoms with Crippen molar-refractivity contribution in [2.24, 2.45) is 0 Å². The Morgan fingerprint density at radius 2 is 1.92 bits per heavy atom. The van der Waals surface area contributed by atoms with Gasteiger partial charge in [-0.05, 0) is 43.5 Å². The summed E-state index contributed by atoms with van der Waals surface area (Å²) in [6, 6.07) is 7.10. The largest absolute Gasteiger partial charge is 0.480 e. The molecule has 0 atom stereocenters. The Kier molecular flexibility index (Phi) is 5.56. The zero-order valence-corrected chi connectivity index (χ0v) is 15.0. The van der Waals surface area contributed by atoms with Crippen LogP contribution >= 0.6 is 11.6 Å². The Morgan fingerprint density at radius 3 is 2.58 bits per heavy atom. The molecule has 0 radical (unpaired) electrons. The highest BCUT2D eigenvalue weighted by Gasteiger charge is 2.42. The number of aliphatic carboxylic acids is 1. The van der Waals surface area contributed by atoms with Crippen LogP contribution in [0.25, 0.3) is 11.4 Å². The van der Waals surface area contributed by atoms with E-state index < -0.39 is 11.5 Å². The molecule has 1 aliphatic carbocycles. The van der Waals surface area contributed by atoms with E-state index in [9.17, 15) is 14.7 Å². The number of aromatic nitrogens is 2. The molecule has 1 saturated carbocycles. The second kappa shape index (κ2) is 7.86. The first-order valence-corrected chi connectivity index (χ1v) is 8.99. The van der Waals surface area contributed by atoms with Gasteiger partial charge in [-0.15, -0.1) is 0 Å². The SMILES string of the molecule is O=C(CCCc1nc(-c2ccc(Cl)cc2)no1)NC1(C(=O)O)CCCC1. The van der Waals surface area contributed by atoms with E-state index in [0.29, 0.717) is 42.4 Å².